The molecule has 0 spiro atoms. The van der Waals surface area contributed by atoms with E-state index in [4.69, 9.17) is 11.6 Å². The first-order chi connectivity index (χ1) is 9.97. The average Bonchev–Trinajstić information content (AvgIpc) is 2.43. The van der Waals surface area contributed by atoms with Gasteiger partial charge in [-0.3, -0.25) is 4.79 Å². The van der Waals surface area contributed by atoms with E-state index in [0.717, 1.165) is 12.3 Å². The minimum Gasteiger partial charge on any atom is -0.321 e. The molecule has 0 saturated carbocycles. The van der Waals surface area contributed by atoms with Gasteiger partial charge in [0, 0.05) is 4.90 Å². The minimum atomic E-state index is -2.62. The molecule has 8 heteroatoms. The molecule has 3 nitrogen and oxygen atoms in total. The summed E-state index contributed by atoms with van der Waals surface area (Å²) in [6, 6.07) is 6.97. The number of aromatic nitrogens is 1. The van der Waals surface area contributed by atoms with E-state index in [0.29, 0.717) is 11.8 Å². The van der Waals surface area contributed by atoms with Gasteiger partial charge in [-0.2, -0.15) is 8.78 Å². The third kappa shape index (κ3) is 4.12. The number of benzene rings is 1. The normalized spacial score (nSPS) is 10.7. The van der Waals surface area contributed by atoms with Crippen LogP contribution in [0.3, 0.4) is 0 Å². The Kier molecular flexibility index (Phi) is 5.08. The van der Waals surface area contributed by atoms with Crippen molar-refractivity contribution in [3.05, 3.63) is 53.1 Å². The Bertz CT molecular complexity index is 670. The third-order valence-corrected chi connectivity index (χ3v) is 3.49. The van der Waals surface area contributed by atoms with E-state index in [1.807, 2.05) is 0 Å². The van der Waals surface area contributed by atoms with Gasteiger partial charge in [-0.05, 0) is 18.2 Å². The Morgan fingerprint density at radius 1 is 1.33 bits per heavy atom. The Hall–Kier alpha value is -1.73. The van der Waals surface area contributed by atoms with Crippen LogP contribution in [0.25, 0.3) is 0 Å². The number of para-hydroxylation sites is 1. The van der Waals surface area contributed by atoms with Gasteiger partial charge in [0.05, 0.1) is 17.4 Å². The number of nitrogens with zero attached hydrogens (tertiary/aromatic N) is 1. The van der Waals surface area contributed by atoms with Gasteiger partial charge in [-0.1, -0.05) is 35.5 Å². The van der Waals surface area contributed by atoms with Crippen LogP contribution >= 0.6 is 23.4 Å². The zero-order valence-corrected chi connectivity index (χ0v) is 11.9. The summed E-state index contributed by atoms with van der Waals surface area (Å²) in [5.41, 5.74) is 0.0154. The predicted molar refractivity (Wildman–Crippen MR) is 75.5 cm³/mol. The average molecular weight is 333 g/mol. The first-order valence-corrected chi connectivity index (χ1v) is 6.89. The number of amides is 1. The van der Waals surface area contributed by atoms with E-state index in [-0.39, 0.29) is 21.3 Å². The van der Waals surface area contributed by atoms with Crippen molar-refractivity contribution in [3.63, 3.8) is 0 Å². The summed E-state index contributed by atoms with van der Waals surface area (Å²) in [5.74, 6) is -4.07. The van der Waals surface area contributed by atoms with Gasteiger partial charge >= 0.3 is 0 Å². The van der Waals surface area contributed by atoms with Crippen LogP contribution in [-0.2, 0) is 0 Å². The Balaban J connectivity index is 2.25. The van der Waals surface area contributed by atoms with Gasteiger partial charge in [0.2, 0.25) is 0 Å². The van der Waals surface area contributed by atoms with E-state index >= 15 is 0 Å². The molecule has 110 valence electrons. The molecule has 0 aliphatic heterocycles. The van der Waals surface area contributed by atoms with Crippen LogP contribution in [-0.4, -0.2) is 16.6 Å². The van der Waals surface area contributed by atoms with Crippen molar-refractivity contribution >= 4 is 35.0 Å². The van der Waals surface area contributed by atoms with Crippen molar-refractivity contribution < 1.29 is 18.0 Å². The monoisotopic (exact) mass is 332 g/mol. The molecule has 0 saturated heterocycles. The van der Waals surface area contributed by atoms with Crippen molar-refractivity contribution in [2.75, 3.05) is 5.32 Å². The molecule has 0 aliphatic carbocycles. The lowest BCUT2D eigenvalue weighted by molar-refractivity contribution is 0.102. The van der Waals surface area contributed by atoms with Crippen LogP contribution in [0.1, 0.15) is 10.4 Å². The Labute approximate surface area is 127 Å². The van der Waals surface area contributed by atoms with E-state index in [9.17, 15) is 18.0 Å². The number of carbonyl (C=O) groups is 1. The number of pyridine rings is 1. The largest absolute Gasteiger partial charge is 0.321 e. The highest BCUT2D eigenvalue weighted by atomic mass is 35.5. The molecule has 0 fully saturated rings. The van der Waals surface area contributed by atoms with Crippen LogP contribution in [0.2, 0.25) is 5.15 Å². The first kappa shape index (κ1) is 15.7. The molecule has 0 aliphatic rings. The summed E-state index contributed by atoms with van der Waals surface area (Å²) in [4.78, 5) is 15.7. The molecule has 1 aromatic heterocycles. The zero-order chi connectivity index (χ0) is 15.4. The molecular weight excluding hydrogens is 325 g/mol. The number of hydrogen-bond donors (Lipinski definition) is 1. The topological polar surface area (TPSA) is 42.0 Å². The van der Waals surface area contributed by atoms with Gasteiger partial charge in [0.25, 0.3) is 11.7 Å². The number of nitrogens with one attached hydrogen (secondary N) is 1. The second-order valence-electron chi connectivity index (χ2n) is 3.82. The fraction of sp³-hybridized carbons (Fsp3) is 0.0769. The Morgan fingerprint density at radius 2 is 2.05 bits per heavy atom. The maximum Gasteiger partial charge on any atom is 0.288 e. The number of hydrogen-bond acceptors (Lipinski definition) is 3. The second-order valence-corrected chi connectivity index (χ2v) is 5.21. The van der Waals surface area contributed by atoms with Crippen LogP contribution in [0, 0.1) is 5.82 Å². The summed E-state index contributed by atoms with van der Waals surface area (Å²) >= 11 is 6.02. The number of anilines is 1. The number of alkyl halides is 2. The van der Waals surface area contributed by atoms with E-state index in [1.165, 1.54) is 12.1 Å². The van der Waals surface area contributed by atoms with Gasteiger partial charge < -0.3 is 5.32 Å². The third-order valence-electron chi connectivity index (χ3n) is 2.40. The molecule has 0 bridgehead atoms. The predicted octanol–water partition coefficient (Wildman–Crippen LogP) is 4.44. The lowest BCUT2D eigenvalue weighted by Crippen LogP contribution is -2.14. The van der Waals surface area contributed by atoms with Gasteiger partial charge in [0.1, 0.15) is 11.0 Å². The fourth-order valence-electron chi connectivity index (χ4n) is 1.54. The molecule has 0 atom stereocenters. The second kappa shape index (κ2) is 6.82. The van der Waals surface area contributed by atoms with E-state index in [1.54, 1.807) is 12.1 Å². The lowest BCUT2D eigenvalue weighted by Gasteiger charge is -2.10. The van der Waals surface area contributed by atoms with Gasteiger partial charge in [-0.25, -0.2) is 9.37 Å². The summed E-state index contributed by atoms with van der Waals surface area (Å²) in [6.07, 6.45) is 0.875. The highest BCUT2D eigenvalue weighted by Crippen LogP contribution is 2.32. The molecule has 1 aromatic carbocycles. The van der Waals surface area contributed by atoms with Crippen LogP contribution in [0.5, 0.6) is 0 Å². The smallest absolute Gasteiger partial charge is 0.288 e. The zero-order valence-electron chi connectivity index (χ0n) is 10.3. The van der Waals surface area contributed by atoms with Crippen molar-refractivity contribution in [2.45, 2.75) is 10.7 Å². The van der Waals surface area contributed by atoms with E-state index < -0.39 is 17.5 Å². The van der Waals surface area contributed by atoms with E-state index in [2.05, 4.69) is 10.3 Å². The van der Waals surface area contributed by atoms with Crippen molar-refractivity contribution in [1.82, 2.24) is 4.98 Å². The molecule has 1 heterocycles. The molecule has 0 unspecified atom stereocenters. The van der Waals surface area contributed by atoms with Gasteiger partial charge in [-0.15, -0.1) is 0 Å². The molecule has 2 rings (SSSR count). The highest BCUT2D eigenvalue weighted by molar-refractivity contribution is 7.99. The summed E-state index contributed by atoms with van der Waals surface area (Å²) in [5, 5.41) is 2.24. The van der Waals surface area contributed by atoms with Gasteiger partial charge in [0.15, 0.2) is 0 Å². The maximum absolute atomic E-state index is 13.1. The molecule has 2 aromatic rings. The molecular formula is C13H8ClF3N2OS. The quantitative estimate of drug-likeness (QED) is 0.664. The molecule has 21 heavy (non-hydrogen) atoms. The molecule has 1 amide bonds. The number of thioether (sulfide) groups is 1. The summed E-state index contributed by atoms with van der Waals surface area (Å²) in [7, 11) is 0. The fourth-order valence-corrected chi connectivity index (χ4v) is 2.32. The standard InChI is InChI=1S/C13H8ClF3N2OS/c14-11-8(5-7(15)6-18-11)12(20)19-9-3-1-2-4-10(9)21-13(16)17/h1-6,13H,(H,19,20). The highest BCUT2D eigenvalue weighted by Gasteiger charge is 2.16. The van der Waals surface area contributed by atoms with Crippen LogP contribution in [0.4, 0.5) is 18.9 Å². The maximum atomic E-state index is 13.1. The lowest BCUT2D eigenvalue weighted by atomic mass is 10.2. The van der Waals surface area contributed by atoms with Crippen LogP contribution < -0.4 is 5.32 Å². The number of carbonyl (C=O) groups excluding carboxylic acids is 1. The van der Waals surface area contributed by atoms with Crippen molar-refractivity contribution in [1.29, 1.82) is 0 Å². The van der Waals surface area contributed by atoms with Crippen molar-refractivity contribution in [2.24, 2.45) is 0 Å². The SMILES string of the molecule is O=C(Nc1ccccc1SC(F)F)c1cc(F)cnc1Cl. The summed E-state index contributed by atoms with van der Waals surface area (Å²) in [6.45, 7) is 0. The molecule has 0 radical (unpaired) electrons. The molecule has 1 N–H and O–H groups in total. The first-order valence-electron chi connectivity index (χ1n) is 5.63. The Morgan fingerprint density at radius 3 is 2.76 bits per heavy atom. The number of halogens is 4. The van der Waals surface area contributed by atoms with Crippen molar-refractivity contribution in [3.8, 4) is 0 Å². The minimum absolute atomic E-state index is 0.173. The number of rotatable bonds is 4. The summed E-state index contributed by atoms with van der Waals surface area (Å²) < 4.78 is 38.0. The van der Waals surface area contributed by atoms with Crippen LogP contribution in [0.15, 0.2) is 41.4 Å².